The first-order valence-electron chi connectivity index (χ1n) is 5.88. The fraction of sp³-hybridized carbons (Fsp3) is 0.0714. The lowest BCUT2D eigenvalue weighted by atomic mass is 10.1. The summed E-state index contributed by atoms with van der Waals surface area (Å²) in [6, 6.07) is 10.1. The van der Waals surface area contributed by atoms with E-state index < -0.39 is 4.92 Å². The number of hydrogen-bond acceptors (Lipinski definition) is 4. The van der Waals surface area contributed by atoms with Crippen molar-refractivity contribution in [2.75, 3.05) is 6.61 Å². The molecule has 0 unspecified atom stereocenters. The van der Waals surface area contributed by atoms with Gasteiger partial charge in [-0.15, -0.1) is 0 Å². The van der Waals surface area contributed by atoms with Crippen LogP contribution in [0.25, 0.3) is 0 Å². The Kier molecular flexibility index (Phi) is 2.90. The fourth-order valence-corrected chi connectivity index (χ4v) is 1.94. The molecular formula is C14H9FN2O3. The summed E-state index contributed by atoms with van der Waals surface area (Å²) in [6.07, 6.45) is 0. The van der Waals surface area contributed by atoms with Crippen molar-refractivity contribution in [3.05, 3.63) is 64.0 Å². The van der Waals surface area contributed by atoms with Gasteiger partial charge in [0.05, 0.1) is 10.6 Å². The van der Waals surface area contributed by atoms with Crippen molar-refractivity contribution < 1.29 is 14.1 Å². The number of benzene rings is 2. The summed E-state index contributed by atoms with van der Waals surface area (Å²) >= 11 is 0. The van der Waals surface area contributed by atoms with Gasteiger partial charge in [0.2, 0.25) is 0 Å². The Labute approximate surface area is 113 Å². The summed E-state index contributed by atoms with van der Waals surface area (Å²) in [5, 5.41) is 10.8. The maximum absolute atomic E-state index is 12.9. The van der Waals surface area contributed by atoms with Crippen molar-refractivity contribution in [2.24, 2.45) is 4.99 Å². The Balaban J connectivity index is 2.02. The number of non-ortho nitro benzene ring substituents is 1. The van der Waals surface area contributed by atoms with Crippen molar-refractivity contribution in [2.45, 2.75) is 0 Å². The monoisotopic (exact) mass is 272 g/mol. The van der Waals surface area contributed by atoms with Crippen LogP contribution in [0.2, 0.25) is 0 Å². The summed E-state index contributed by atoms with van der Waals surface area (Å²) in [5.74, 6) is 0.170. The molecule has 100 valence electrons. The lowest BCUT2D eigenvalue weighted by molar-refractivity contribution is -0.384. The van der Waals surface area contributed by atoms with Crippen molar-refractivity contribution in [1.82, 2.24) is 0 Å². The molecule has 0 aliphatic carbocycles. The standard InChI is InChI=1S/C14H9FN2O3/c15-10-3-1-9(2-4-10)13-8-20-14-6-5-11(17(18)19)7-12(14)16-13/h1-7H,8H2. The topological polar surface area (TPSA) is 64.7 Å². The molecule has 1 heterocycles. The highest BCUT2D eigenvalue weighted by Gasteiger charge is 2.17. The third-order valence-corrected chi connectivity index (χ3v) is 2.95. The van der Waals surface area contributed by atoms with E-state index in [1.165, 1.54) is 30.3 Å². The first-order valence-corrected chi connectivity index (χ1v) is 5.88. The summed E-state index contributed by atoms with van der Waals surface area (Å²) in [6.45, 7) is 0.246. The number of halogens is 1. The molecule has 5 nitrogen and oxygen atoms in total. The van der Waals surface area contributed by atoms with Crippen LogP contribution in [0.15, 0.2) is 47.5 Å². The molecule has 6 heteroatoms. The summed E-state index contributed by atoms with van der Waals surface area (Å²) < 4.78 is 18.4. The van der Waals surface area contributed by atoms with Gasteiger partial charge in [0.15, 0.2) is 0 Å². The zero-order valence-electron chi connectivity index (χ0n) is 10.2. The normalized spacial score (nSPS) is 13.2. The largest absolute Gasteiger partial charge is 0.485 e. The number of fused-ring (bicyclic) bond motifs is 1. The van der Waals surface area contributed by atoms with Crippen LogP contribution in [-0.4, -0.2) is 17.2 Å². The molecule has 20 heavy (non-hydrogen) atoms. The van der Waals surface area contributed by atoms with Gasteiger partial charge >= 0.3 is 0 Å². The Morgan fingerprint density at radius 2 is 1.95 bits per heavy atom. The van der Waals surface area contributed by atoms with Gasteiger partial charge in [-0.3, -0.25) is 10.1 Å². The predicted molar refractivity (Wildman–Crippen MR) is 71.2 cm³/mol. The molecule has 0 radical (unpaired) electrons. The van der Waals surface area contributed by atoms with E-state index >= 15 is 0 Å². The van der Waals surface area contributed by atoms with Crippen LogP contribution >= 0.6 is 0 Å². The Morgan fingerprint density at radius 3 is 2.65 bits per heavy atom. The molecular weight excluding hydrogens is 263 g/mol. The van der Waals surface area contributed by atoms with Crippen molar-refractivity contribution in [3.63, 3.8) is 0 Å². The molecule has 0 aromatic heterocycles. The van der Waals surface area contributed by atoms with Gasteiger partial charge in [0.1, 0.15) is 23.9 Å². The van der Waals surface area contributed by atoms with E-state index in [-0.39, 0.29) is 18.1 Å². The lowest BCUT2D eigenvalue weighted by Gasteiger charge is -2.16. The van der Waals surface area contributed by atoms with Crippen molar-refractivity contribution in [1.29, 1.82) is 0 Å². The number of hydrogen-bond donors (Lipinski definition) is 0. The highest BCUT2D eigenvalue weighted by atomic mass is 19.1. The quantitative estimate of drug-likeness (QED) is 0.622. The van der Waals surface area contributed by atoms with Crippen LogP contribution < -0.4 is 4.74 Å². The molecule has 0 N–H and O–H groups in total. The summed E-state index contributed by atoms with van der Waals surface area (Å²) in [5.41, 5.74) is 1.70. The number of nitro benzene ring substituents is 1. The van der Waals surface area contributed by atoms with E-state index in [0.717, 1.165) is 5.56 Å². The molecule has 2 aromatic rings. The van der Waals surface area contributed by atoms with Crippen LogP contribution in [0.4, 0.5) is 15.8 Å². The molecule has 1 aliphatic heterocycles. The third kappa shape index (κ3) is 2.23. The number of ether oxygens (including phenoxy) is 1. The molecule has 2 aromatic carbocycles. The van der Waals surface area contributed by atoms with Crippen LogP contribution in [0.5, 0.6) is 5.75 Å². The van der Waals surface area contributed by atoms with E-state index in [2.05, 4.69) is 4.99 Å². The van der Waals surface area contributed by atoms with E-state index in [1.807, 2.05) is 0 Å². The molecule has 0 spiro atoms. The highest BCUT2D eigenvalue weighted by molar-refractivity contribution is 6.04. The minimum Gasteiger partial charge on any atom is -0.485 e. The molecule has 0 bridgehead atoms. The summed E-state index contributed by atoms with van der Waals surface area (Å²) in [4.78, 5) is 14.6. The average Bonchev–Trinajstić information content (AvgIpc) is 2.47. The van der Waals surface area contributed by atoms with Gasteiger partial charge in [-0.2, -0.15) is 0 Å². The molecule has 0 amide bonds. The van der Waals surface area contributed by atoms with Gasteiger partial charge in [-0.25, -0.2) is 9.38 Å². The molecule has 1 aliphatic rings. The first-order chi connectivity index (χ1) is 9.63. The maximum Gasteiger partial charge on any atom is 0.271 e. The van der Waals surface area contributed by atoms with Gasteiger partial charge in [-0.05, 0) is 23.8 Å². The maximum atomic E-state index is 12.9. The van der Waals surface area contributed by atoms with E-state index in [1.54, 1.807) is 12.1 Å². The number of nitro groups is 1. The Morgan fingerprint density at radius 1 is 1.20 bits per heavy atom. The highest BCUT2D eigenvalue weighted by Crippen LogP contribution is 2.34. The smallest absolute Gasteiger partial charge is 0.271 e. The van der Waals surface area contributed by atoms with Gasteiger partial charge in [-0.1, -0.05) is 12.1 Å². The van der Waals surface area contributed by atoms with Crippen LogP contribution in [0.1, 0.15) is 5.56 Å². The predicted octanol–water partition coefficient (Wildman–Crippen LogP) is 3.25. The zero-order chi connectivity index (χ0) is 14.1. The molecule has 0 fully saturated rings. The minimum absolute atomic E-state index is 0.0449. The molecule has 0 saturated carbocycles. The zero-order valence-corrected chi connectivity index (χ0v) is 10.2. The van der Waals surface area contributed by atoms with E-state index in [0.29, 0.717) is 17.1 Å². The third-order valence-electron chi connectivity index (χ3n) is 2.95. The SMILES string of the molecule is O=[N+]([O-])c1ccc2c(c1)N=C(c1ccc(F)cc1)CO2. The molecule has 0 atom stereocenters. The number of aliphatic imine (C=N–C) groups is 1. The van der Waals surface area contributed by atoms with Crippen molar-refractivity contribution >= 4 is 17.1 Å². The van der Waals surface area contributed by atoms with Crippen LogP contribution in [-0.2, 0) is 0 Å². The Hall–Kier alpha value is -2.76. The Bertz CT molecular complexity index is 711. The first kappa shape index (κ1) is 12.3. The average molecular weight is 272 g/mol. The van der Waals surface area contributed by atoms with Gasteiger partial charge < -0.3 is 4.74 Å². The minimum atomic E-state index is -0.484. The van der Waals surface area contributed by atoms with Crippen LogP contribution in [0, 0.1) is 15.9 Å². The molecule has 3 rings (SSSR count). The number of nitrogens with zero attached hydrogens (tertiary/aromatic N) is 2. The second-order valence-electron chi connectivity index (χ2n) is 4.26. The van der Waals surface area contributed by atoms with Crippen LogP contribution in [0.3, 0.4) is 0 Å². The second kappa shape index (κ2) is 4.73. The van der Waals surface area contributed by atoms with E-state index in [9.17, 15) is 14.5 Å². The second-order valence-corrected chi connectivity index (χ2v) is 4.26. The lowest BCUT2D eigenvalue weighted by Crippen LogP contribution is -2.16. The molecule has 0 saturated heterocycles. The van der Waals surface area contributed by atoms with Crippen molar-refractivity contribution in [3.8, 4) is 5.75 Å². The number of rotatable bonds is 2. The van der Waals surface area contributed by atoms with Gasteiger partial charge in [0.25, 0.3) is 5.69 Å². The van der Waals surface area contributed by atoms with E-state index in [4.69, 9.17) is 4.74 Å². The summed E-state index contributed by atoms with van der Waals surface area (Å²) in [7, 11) is 0. The van der Waals surface area contributed by atoms with Gasteiger partial charge in [0, 0.05) is 12.1 Å². The fourth-order valence-electron chi connectivity index (χ4n) is 1.94.